The van der Waals surface area contributed by atoms with Gasteiger partial charge in [0, 0.05) is 4.90 Å². The van der Waals surface area contributed by atoms with Crippen LogP contribution in [0.5, 0.6) is 0 Å². The van der Waals surface area contributed by atoms with E-state index in [0.29, 0.717) is 11.9 Å². The molecule has 0 aromatic heterocycles. The van der Waals surface area contributed by atoms with Gasteiger partial charge >= 0.3 is 18.1 Å². The molecule has 0 bridgehead atoms. The van der Waals surface area contributed by atoms with Crippen molar-refractivity contribution in [2.45, 2.75) is 11.1 Å². The SMILES string of the molecule is COC(=O)c1ccccc1SNC(=O)C(F)(F)F. The molecule has 0 saturated carbocycles. The molecule has 4 nitrogen and oxygen atoms in total. The van der Waals surface area contributed by atoms with E-state index in [0.717, 1.165) is 7.11 Å². The molecule has 1 N–H and O–H groups in total. The normalized spacial score (nSPS) is 10.9. The van der Waals surface area contributed by atoms with Crippen molar-refractivity contribution >= 4 is 23.8 Å². The summed E-state index contributed by atoms with van der Waals surface area (Å²) < 4.78 is 41.9. The van der Waals surface area contributed by atoms with E-state index in [1.807, 2.05) is 0 Å². The standard InChI is InChI=1S/C10H8F3NO3S/c1-17-8(15)6-4-2-3-5-7(6)18-14-9(16)10(11,12)13/h2-5H,1H3,(H,14,16). The van der Waals surface area contributed by atoms with E-state index in [1.165, 1.54) is 24.3 Å². The molecule has 18 heavy (non-hydrogen) atoms. The van der Waals surface area contributed by atoms with E-state index in [4.69, 9.17) is 0 Å². The smallest absolute Gasteiger partial charge is 0.465 e. The van der Waals surface area contributed by atoms with E-state index in [1.54, 1.807) is 4.72 Å². The van der Waals surface area contributed by atoms with Gasteiger partial charge in [0.1, 0.15) is 0 Å². The van der Waals surface area contributed by atoms with Crippen molar-refractivity contribution in [2.24, 2.45) is 0 Å². The zero-order valence-electron chi connectivity index (χ0n) is 9.08. The van der Waals surface area contributed by atoms with Crippen molar-refractivity contribution in [2.75, 3.05) is 7.11 Å². The Balaban J connectivity index is 2.80. The van der Waals surface area contributed by atoms with Crippen LogP contribution >= 0.6 is 11.9 Å². The predicted molar refractivity (Wildman–Crippen MR) is 57.8 cm³/mol. The Kier molecular flexibility index (Phi) is 4.60. The minimum absolute atomic E-state index is 0.0764. The summed E-state index contributed by atoms with van der Waals surface area (Å²) in [5, 5.41) is 0. The molecule has 0 unspecified atom stereocenters. The van der Waals surface area contributed by atoms with Gasteiger partial charge < -0.3 is 4.74 Å². The number of rotatable bonds is 3. The molecule has 1 rings (SSSR count). The average Bonchev–Trinajstić information content (AvgIpc) is 2.34. The zero-order chi connectivity index (χ0) is 13.8. The average molecular weight is 279 g/mol. The molecule has 0 saturated heterocycles. The van der Waals surface area contributed by atoms with E-state index < -0.39 is 18.1 Å². The molecular weight excluding hydrogens is 271 g/mol. The molecule has 0 heterocycles. The highest BCUT2D eigenvalue weighted by Crippen LogP contribution is 2.23. The lowest BCUT2D eigenvalue weighted by Crippen LogP contribution is -2.32. The minimum Gasteiger partial charge on any atom is -0.465 e. The van der Waals surface area contributed by atoms with Crippen LogP contribution in [0.15, 0.2) is 29.2 Å². The van der Waals surface area contributed by atoms with Crippen molar-refractivity contribution in [3.63, 3.8) is 0 Å². The van der Waals surface area contributed by atoms with Crippen molar-refractivity contribution in [1.29, 1.82) is 0 Å². The second-order valence-electron chi connectivity index (χ2n) is 3.02. The van der Waals surface area contributed by atoms with Crippen LogP contribution in [0.3, 0.4) is 0 Å². The van der Waals surface area contributed by atoms with E-state index >= 15 is 0 Å². The maximum atomic E-state index is 12.0. The fourth-order valence-corrected chi connectivity index (χ4v) is 1.72. The molecule has 0 radical (unpaired) electrons. The molecule has 1 aromatic carbocycles. The number of methoxy groups -OCH3 is 1. The summed E-state index contributed by atoms with van der Waals surface area (Å²) >= 11 is 0.405. The fourth-order valence-electron chi connectivity index (χ4n) is 0.993. The summed E-state index contributed by atoms with van der Waals surface area (Å²) in [5.41, 5.74) is 0.0764. The molecule has 98 valence electrons. The number of amides is 1. The molecule has 8 heteroatoms. The van der Waals surface area contributed by atoms with E-state index in [-0.39, 0.29) is 10.5 Å². The minimum atomic E-state index is -4.97. The van der Waals surface area contributed by atoms with Gasteiger partial charge in [-0.25, -0.2) is 4.79 Å². The number of ether oxygens (including phenoxy) is 1. The zero-order valence-corrected chi connectivity index (χ0v) is 9.89. The van der Waals surface area contributed by atoms with Crippen LogP contribution in [0.4, 0.5) is 13.2 Å². The van der Waals surface area contributed by atoms with Crippen LogP contribution in [0.1, 0.15) is 10.4 Å². The lowest BCUT2D eigenvalue weighted by atomic mass is 10.2. The second-order valence-corrected chi connectivity index (χ2v) is 3.87. The summed E-state index contributed by atoms with van der Waals surface area (Å²) in [6, 6.07) is 5.83. The Labute approximate surface area is 105 Å². The highest BCUT2D eigenvalue weighted by molar-refractivity contribution is 7.98. The quantitative estimate of drug-likeness (QED) is 0.680. The number of alkyl halides is 3. The predicted octanol–water partition coefficient (Wildman–Crippen LogP) is 2.16. The van der Waals surface area contributed by atoms with Crippen molar-refractivity contribution in [1.82, 2.24) is 4.72 Å². The summed E-state index contributed by atoms with van der Waals surface area (Å²) in [7, 11) is 1.15. The summed E-state index contributed by atoms with van der Waals surface area (Å²) in [5.74, 6) is -2.79. The van der Waals surface area contributed by atoms with Crippen LogP contribution in [0, 0.1) is 0 Å². The Hall–Kier alpha value is -1.70. The van der Waals surface area contributed by atoms with Gasteiger partial charge in [-0.1, -0.05) is 12.1 Å². The monoisotopic (exact) mass is 279 g/mol. The fraction of sp³-hybridized carbons (Fsp3) is 0.200. The number of benzene rings is 1. The molecule has 1 amide bonds. The molecule has 1 aromatic rings. The molecule has 0 aliphatic heterocycles. The molecule has 0 aliphatic rings. The van der Waals surface area contributed by atoms with Gasteiger partial charge in [0.25, 0.3) is 0 Å². The van der Waals surface area contributed by atoms with Crippen LogP contribution < -0.4 is 4.72 Å². The topological polar surface area (TPSA) is 55.4 Å². The van der Waals surface area contributed by atoms with Crippen LogP contribution in [0.25, 0.3) is 0 Å². The Morgan fingerprint density at radius 3 is 2.44 bits per heavy atom. The molecule has 0 atom stereocenters. The summed E-state index contributed by atoms with van der Waals surface area (Å²) in [4.78, 5) is 22.1. The lowest BCUT2D eigenvalue weighted by molar-refractivity contribution is -0.171. The highest BCUT2D eigenvalue weighted by atomic mass is 32.2. The van der Waals surface area contributed by atoms with Gasteiger partial charge in [0.15, 0.2) is 0 Å². The third-order valence-electron chi connectivity index (χ3n) is 1.80. The largest absolute Gasteiger partial charge is 0.472 e. The number of hydrogen-bond donors (Lipinski definition) is 1. The molecular formula is C10H8F3NO3S. The van der Waals surface area contributed by atoms with Crippen molar-refractivity contribution in [3.05, 3.63) is 29.8 Å². The number of carbonyl (C=O) groups is 2. The number of halogens is 3. The number of nitrogens with one attached hydrogen (secondary N) is 1. The highest BCUT2D eigenvalue weighted by Gasteiger charge is 2.38. The van der Waals surface area contributed by atoms with Gasteiger partial charge in [-0.15, -0.1) is 0 Å². The third-order valence-corrected chi connectivity index (χ3v) is 2.67. The number of esters is 1. The van der Waals surface area contributed by atoms with Gasteiger partial charge in [-0.2, -0.15) is 13.2 Å². The first-order valence-corrected chi connectivity index (χ1v) is 5.39. The number of carbonyl (C=O) groups excluding carboxylic acids is 2. The van der Waals surface area contributed by atoms with Crippen LogP contribution in [-0.4, -0.2) is 25.2 Å². The van der Waals surface area contributed by atoms with Gasteiger partial charge in [-0.3, -0.25) is 9.52 Å². The van der Waals surface area contributed by atoms with Crippen molar-refractivity contribution < 1.29 is 27.5 Å². The van der Waals surface area contributed by atoms with Gasteiger partial charge in [0.05, 0.1) is 12.7 Å². The third kappa shape index (κ3) is 3.66. The van der Waals surface area contributed by atoms with Gasteiger partial charge in [0.2, 0.25) is 0 Å². The Morgan fingerprint density at radius 2 is 1.89 bits per heavy atom. The number of hydrogen-bond acceptors (Lipinski definition) is 4. The van der Waals surface area contributed by atoms with Crippen LogP contribution in [0.2, 0.25) is 0 Å². The molecule has 0 spiro atoms. The molecule has 0 fully saturated rings. The van der Waals surface area contributed by atoms with E-state index in [9.17, 15) is 22.8 Å². The second kappa shape index (κ2) is 5.76. The first-order valence-electron chi connectivity index (χ1n) is 4.57. The van der Waals surface area contributed by atoms with Gasteiger partial charge in [-0.05, 0) is 24.1 Å². The molecule has 0 aliphatic carbocycles. The first-order chi connectivity index (χ1) is 8.36. The lowest BCUT2D eigenvalue weighted by Gasteiger charge is -2.09. The summed E-state index contributed by atoms with van der Waals surface area (Å²) in [6.07, 6.45) is -4.97. The van der Waals surface area contributed by atoms with Crippen LogP contribution in [-0.2, 0) is 9.53 Å². The maximum absolute atomic E-state index is 12.0. The Bertz CT molecular complexity index is 462. The van der Waals surface area contributed by atoms with E-state index in [2.05, 4.69) is 4.74 Å². The Morgan fingerprint density at radius 1 is 1.28 bits per heavy atom. The first kappa shape index (κ1) is 14.4. The summed E-state index contributed by atoms with van der Waals surface area (Å²) in [6.45, 7) is 0. The maximum Gasteiger partial charge on any atom is 0.472 e. The van der Waals surface area contributed by atoms with Crippen molar-refractivity contribution in [3.8, 4) is 0 Å².